The molecule has 0 atom stereocenters. The molecule has 0 amide bonds. The summed E-state index contributed by atoms with van der Waals surface area (Å²) in [6, 6.07) is 3.14. The van der Waals surface area contributed by atoms with Gasteiger partial charge in [-0.1, -0.05) is 18.6 Å². The number of hydrogen-bond acceptors (Lipinski definition) is 4. The van der Waals surface area contributed by atoms with Crippen LogP contribution in [0.4, 0.5) is 0 Å². The van der Waals surface area contributed by atoms with Crippen LogP contribution < -0.4 is 5.73 Å². The standard InChI is InChI=1S/C11H15N3O2S2/c1-14(8-4-2-5-8)18(15,16)9-6-3-7-13-10(9)11(12)17/h3,6-8H,2,4-5H2,1H3,(H2,12,17). The number of rotatable bonds is 4. The van der Waals surface area contributed by atoms with Crippen LogP contribution >= 0.6 is 12.2 Å². The third kappa shape index (κ3) is 2.25. The van der Waals surface area contributed by atoms with Gasteiger partial charge in [0, 0.05) is 19.3 Å². The Balaban J connectivity index is 2.43. The molecule has 1 saturated carbocycles. The van der Waals surface area contributed by atoms with Gasteiger partial charge in [-0.2, -0.15) is 4.31 Å². The summed E-state index contributed by atoms with van der Waals surface area (Å²) in [6.07, 6.45) is 4.35. The van der Waals surface area contributed by atoms with Crippen molar-refractivity contribution in [3.63, 3.8) is 0 Å². The number of thiocarbonyl (C=S) groups is 1. The molecule has 1 fully saturated rings. The van der Waals surface area contributed by atoms with Crippen molar-refractivity contribution in [2.45, 2.75) is 30.2 Å². The number of aromatic nitrogens is 1. The minimum Gasteiger partial charge on any atom is -0.388 e. The normalized spacial score (nSPS) is 16.6. The second-order valence-corrected chi connectivity index (χ2v) is 6.73. The molecule has 2 N–H and O–H groups in total. The lowest BCUT2D eigenvalue weighted by atomic mass is 9.94. The smallest absolute Gasteiger partial charge is 0.245 e. The first-order chi connectivity index (χ1) is 8.44. The van der Waals surface area contributed by atoms with Crippen molar-refractivity contribution in [1.29, 1.82) is 0 Å². The van der Waals surface area contributed by atoms with E-state index in [0.29, 0.717) is 0 Å². The minimum absolute atomic E-state index is 0.00353. The van der Waals surface area contributed by atoms with Crippen molar-refractivity contribution in [3.05, 3.63) is 24.0 Å². The first-order valence-corrected chi connectivity index (χ1v) is 7.52. The molecule has 5 nitrogen and oxygen atoms in total. The summed E-state index contributed by atoms with van der Waals surface area (Å²) >= 11 is 4.85. The van der Waals surface area contributed by atoms with Gasteiger partial charge in [0.25, 0.3) is 0 Å². The van der Waals surface area contributed by atoms with Crippen LogP contribution in [0.2, 0.25) is 0 Å². The Morgan fingerprint density at radius 3 is 2.72 bits per heavy atom. The Morgan fingerprint density at radius 1 is 1.56 bits per heavy atom. The van der Waals surface area contributed by atoms with Crippen LogP contribution in [0, 0.1) is 0 Å². The third-order valence-corrected chi connectivity index (χ3v) is 5.39. The van der Waals surface area contributed by atoms with Crippen molar-refractivity contribution in [1.82, 2.24) is 9.29 Å². The fourth-order valence-corrected chi connectivity index (χ4v) is 3.68. The molecule has 0 saturated heterocycles. The summed E-state index contributed by atoms with van der Waals surface area (Å²) < 4.78 is 26.3. The van der Waals surface area contributed by atoms with E-state index in [9.17, 15) is 8.42 Å². The van der Waals surface area contributed by atoms with E-state index < -0.39 is 10.0 Å². The van der Waals surface area contributed by atoms with Crippen LogP contribution in [-0.4, -0.2) is 35.8 Å². The van der Waals surface area contributed by atoms with Gasteiger partial charge in [0.15, 0.2) is 0 Å². The molecule has 0 unspecified atom stereocenters. The third-order valence-electron chi connectivity index (χ3n) is 3.25. The maximum atomic E-state index is 12.5. The fourth-order valence-electron chi connectivity index (χ4n) is 1.89. The van der Waals surface area contributed by atoms with Crippen molar-refractivity contribution >= 4 is 27.2 Å². The zero-order chi connectivity index (χ0) is 13.3. The predicted octanol–water partition coefficient (Wildman–Crippen LogP) is 0.889. The van der Waals surface area contributed by atoms with E-state index in [1.165, 1.54) is 16.6 Å². The van der Waals surface area contributed by atoms with Gasteiger partial charge in [-0.15, -0.1) is 0 Å². The number of nitrogens with two attached hydrogens (primary N) is 1. The van der Waals surface area contributed by atoms with Crippen LogP contribution in [0.3, 0.4) is 0 Å². The molecule has 0 aromatic carbocycles. The maximum absolute atomic E-state index is 12.5. The van der Waals surface area contributed by atoms with Crippen molar-refractivity contribution in [3.8, 4) is 0 Å². The molecule has 1 aliphatic rings. The van der Waals surface area contributed by atoms with Crippen molar-refractivity contribution < 1.29 is 8.42 Å². The van der Waals surface area contributed by atoms with Crippen molar-refractivity contribution in [2.24, 2.45) is 5.73 Å². The lowest BCUT2D eigenvalue weighted by molar-refractivity contribution is 0.249. The fraction of sp³-hybridized carbons (Fsp3) is 0.455. The first-order valence-electron chi connectivity index (χ1n) is 5.67. The first kappa shape index (κ1) is 13.4. The molecule has 18 heavy (non-hydrogen) atoms. The zero-order valence-corrected chi connectivity index (χ0v) is 11.7. The number of sulfonamides is 1. The van der Waals surface area contributed by atoms with Gasteiger partial charge >= 0.3 is 0 Å². The van der Waals surface area contributed by atoms with Crippen LogP contribution in [0.15, 0.2) is 23.2 Å². The summed E-state index contributed by atoms with van der Waals surface area (Å²) in [5.41, 5.74) is 5.69. The van der Waals surface area contributed by atoms with E-state index in [2.05, 4.69) is 4.98 Å². The van der Waals surface area contributed by atoms with Gasteiger partial charge < -0.3 is 5.73 Å². The Morgan fingerprint density at radius 2 is 2.22 bits per heavy atom. The molecule has 0 bridgehead atoms. The molecule has 7 heteroatoms. The molecule has 1 aromatic rings. The van der Waals surface area contributed by atoms with E-state index in [4.69, 9.17) is 18.0 Å². The molecular formula is C11H15N3O2S2. The summed E-state index contributed by atoms with van der Waals surface area (Å²) in [5.74, 6) is 0. The Bertz CT molecular complexity index is 567. The predicted molar refractivity (Wildman–Crippen MR) is 72.7 cm³/mol. The highest BCUT2D eigenvalue weighted by atomic mass is 32.2. The molecular weight excluding hydrogens is 270 g/mol. The monoisotopic (exact) mass is 285 g/mol. The van der Waals surface area contributed by atoms with Gasteiger partial charge in [0.1, 0.15) is 15.6 Å². The SMILES string of the molecule is CN(C1CCC1)S(=O)(=O)c1cccnc1C(N)=S. The number of hydrogen-bond donors (Lipinski definition) is 1. The van der Waals surface area contributed by atoms with E-state index in [1.807, 2.05) is 0 Å². The average Bonchev–Trinajstić information content (AvgIpc) is 2.26. The van der Waals surface area contributed by atoms with Crippen LogP contribution in [-0.2, 0) is 10.0 Å². The van der Waals surface area contributed by atoms with Crippen LogP contribution in [0.5, 0.6) is 0 Å². The highest BCUT2D eigenvalue weighted by Gasteiger charge is 2.33. The highest BCUT2D eigenvalue weighted by Crippen LogP contribution is 2.29. The zero-order valence-electron chi connectivity index (χ0n) is 10.0. The minimum atomic E-state index is -3.57. The lowest BCUT2D eigenvalue weighted by Crippen LogP contribution is -2.41. The second kappa shape index (κ2) is 4.91. The van der Waals surface area contributed by atoms with E-state index in [0.717, 1.165) is 19.3 Å². The quantitative estimate of drug-likeness (QED) is 0.831. The van der Waals surface area contributed by atoms with Gasteiger partial charge in [0.2, 0.25) is 10.0 Å². The Labute approximate surface area is 112 Å². The van der Waals surface area contributed by atoms with Crippen LogP contribution in [0.1, 0.15) is 25.0 Å². The summed E-state index contributed by atoms with van der Waals surface area (Å²) in [6.45, 7) is 0. The van der Waals surface area contributed by atoms with E-state index in [-0.39, 0.29) is 21.6 Å². The van der Waals surface area contributed by atoms with Gasteiger partial charge in [0.05, 0.1) is 0 Å². The molecule has 0 aliphatic heterocycles. The lowest BCUT2D eigenvalue weighted by Gasteiger charge is -2.33. The maximum Gasteiger partial charge on any atom is 0.245 e. The van der Waals surface area contributed by atoms with Gasteiger partial charge in [-0.05, 0) is 25.0 Å². The highest BCUT2D eigenvalue weighted by molar-refractivity contribution is 7.89. The molecule has 0 radical (unpaired) electrons. The summed E-state index contributed by atoms with van der Waals surface area (Å²) in [4.78, 5) is 4.04. The molecule has 1 heterocycles. The molecule has 98 valence electrons. The number of pyridine rings is 1. The van der Waals surface area contributed by atoms with E-state index >= 15 is 0 Å². The molecule has 1 aromatic heterocycles. The topological polar surface area (TPSA) is 76.3 Å². The summed E-state index contributed by atoms with van der Waals surface area (Å²) in [7, 11) is -1.98. The van der Waals surface area contributed by atoms with Crippen molar-refractivity contribution in [2.75, 3.05) is 7.05 Å². The Hall–Kier alpha value is -1.05. The largest absolute Gasteiger partial charge is 0.388 e. The second-order valence-electron chi connectivity index (χ2n) is 4.32. The average molecular weight is 285 g/mol. The van der Waals surface area contributed by atoms with Gasteiger partial charge in [-0.25, -0.2) is 8.42 Å². The van der Waals surface area contributed by atoms with Crippen LogP contribution in [0.25, 0.3) is 0 Å². The van der Waals surface area contributed by atoms with E-state index in [1.54, 1.807) is 13.1 Å². The summed E-state index contributed by atoms with van der Waals surface area (Å²) in [5, 5.41) is 0. The molecule has 2 rings (SSSR count). The molecule has 1 aliphatic carbocycles. The Kier molecular flexibility index (Phi) is 3.65. The number of nitrogens with zero attached hydrogens (tertiary/aromatic N) is 2. The molecule has 0 spiro atoms. The van der Waals surface area contributed by atoms with Gasteiger partial charge in [-0.3, -0.25) is 4.98 Å².